The molecule has 80 valence electrons. The molecule has 0 bridgehead atoms. The van der Waals surface area contributed by atoms with Crippen LogP contribution in [0.5, 0.6) is 0 Å². The van der Waals surface area contributed by atoms with Gasteiger partial charge in [0.2, 0.25) is 5.91 Å². The molecule has 3 N–H and O–H groups in total. The molecule has 1 heterocycles. The Morgan fingerprint density at radius 1 is 1.53 bits per heavy atom. The van der Waals surface area contributed by atoms with Crippen LogP contribution in [0, 0.1) is 0 Å². The number of nitrogens with one attached hydrogen (secondary N) is 1. The molecule has 1 aliphatic rings. The number of nitrogens with two attached hydrogens (primary N) is 1. The molecule has 15 heavy (non-hydrogen) atoms. The minimum Gasteiger partial charge on any atom is -0.382 e. The van der Waals surface area contributed by atoms with E-state index in [4.69, 9.17) is 10.5 Å². The second kappa shape index (κ2) is 4.31. The summed E-state index contributed by atoms with van der Waals surface area (Å²) in [6.07, 6.45) is 0.864. The highest BCUT2D eigenvalue weighted by atomic mass is 16.5. The minimum atomic E-state index is -0.422. The van der Waals surface area contributed by atoms with Crippen molar-refractivity contribution < 1.29 is 9.53 Å². The van der Waals surface area contributed by atoms with Crippen LogP contribution in [-0.4, -0.2) is 25.2 Å². The Hall–Kier alpha value is -1.55. The van der Waals surface area contributed by atoms with Crippen molar-refractivity contribution >= 4 is 11.6 Å². The van der Waals surface area contributed by atoms with Crippen LogP contribution in [0.15, 0.2) is 24.3 Å². The van der Waals surface area contributed by atoms with E-state index in [1.165, 1.54) is 5.56 Å². The molecule has 0 radical (unpaired) electrons. The first-order valence-electron chi connectivity index (χ1n) is 4.97. The maximum atomic E-state index is 10.6. The molecule has 0 aliphatic carbocycles. The molecule has 1 aromatic carbocycles. The monoisotopic (exact) mass is 206 g/mol. The van der Waals surface area contributed by atoms with Gasteiger partial charge in [0.1, 0.15) is 6.61 Å². The Morgan fingerprint density at radius 3 is 3.13 bits per heavy atom. The zero-order chi connectivity index (χ0) is 10.7. The van der Waals surface area contributed by atoms with E-state index in [1.54, 1.807) is 0 Å². The number of rotatable bonds is 3. The van der Waals surface area contributed by atoms with Gasteiger partial charge in [-0.15, -0.1) is 0 Å². The molecular weight excluding hydrogens is 192 g/mol. The van der Waals surface area contributed by atoms with Crippen molar-refractivity contribution in [1.82, 2.24) is 0 Å². The van der Waals surface area contributed by atoms with Gasteiger partial charge in [-0.25, -0.2) is 0 Å². The molecule has 0 spiro atoms. The van der Waals surface area contributed by atoms with E-state index in [9.17, 15) is 4.79 Å². The molecule has 1 unspecified atom stereocenters. The molecule has 0 saturated carbocycles. The number of amides is 1. The summed E-state index contributed by atoms with van der Waals surface area (Å²) in [4.78, 5) is 10.6. The Labute approximate surface area is 88.4 Å². The van der Waals surface area contributed by atoms with Gasteiger partial charge in [-0.1, -0.05) is 18.2 Å². The van der Waals surface area contributed by atoms with Crippen molar-refractivity contribution in [3.8, 4) is 0 Å². The number of carbonyl (C=O) groups excluding carboxylic acids is 1. The number of anilines is 1. The maximum Gasteiger partial charge on any atom is 0.243 e. The Bertz CT molecular complexity index is 365. The van der Waals surface area contributed by atoms with Crippen LogP contribution in [0.2, 0.25) is 0 Å². The molecule has 0 saturated heterocycles. The summed E-state index contributed by atoms with van der Waals surface area (Å²) in [5, 5.41) is 3.26. The van der Waals surface area contributed by atoms with Gasteiger partial charge in [0.25, 0.3) is 0 Å². The lowest BCUT2D eigenvalue weighted by Gasteiger charge is -2.25. The quantitative estimate of drug-likeness (QED) is 0.758. The summed E-state index contributed by atoms with van der Waals surface area (Å²) in [7, 11) is 0. The average Bonchev–Trinajstić information content (AvgIpc) is 2.26. The molecule has 0 fully saturated rings. The molecule has 0 aromatic heterocycles. The smallest absolute Gasteiger partial charge is 0.243 e. The number of carbonyl (C=O) groups is 1. The van der Waals surface area contributed by atoms with Gasteiger partial charge in [0, 0.05) is 18.7 Å². The molecule has 1 aromatic rings. The maximum absolute atomic E-state index is 10.6. The highest BCUT2D eigenvalue weighted by Crippen LogP contribution is 2.22. The SMILES string of the molecule is NC(=O)COC1CNc2ccccc2C1. The lowest BCUT2D eigenvalue weighted by atomic mass is 10.0. The van der Waals surface area contributed by atoms with Crippen molar-refractivity contribution in [3.05, 3.63) is 29.8 Å². The fraction of sp³-hybridized carbons (Fsp3) is 0.364. The second-order valence-corrected chi connectivity index (χ2v) is 3.64. The summed E-state index contributed by atoms with van der Waals surface area (Å²) in [5.74, 6) is -0.422. The second-order valence-electron chi connectivity index (χ2n) is 3.64. The number of primary amides is 1. The van der Waals surface area contributed by atoms with Gasteiger partial charge in [-0.3, -0.25) is 4.79 Å². The number of para-hydroxylation sites is 1. The predicted octanol–water partition coefficient (Wildman–Crippen LogP) is 0.525. The largest absolute Gasteiger partial charge is 0.382 e. The average molecular weight is 206 g/mol. The zero-order valence-corrected chi connectivity index (χ0v) is 8.40. The van der Waals surface area contributed by atoms with Crippen LogP contribution in [0.3, 0.4) is 0 Å². The van der Waals surface area contributed by atoms with Crippen molar-refractivity contribution in [2.24, 2.45) is 5.73 Å². The molecule has 4 heteroatoms. The van der Waals surface area contributed by atoms with Gasteiger partial charge in [-0.2, -0.15) is 0 Å². The van der Waals surface area contributed by atoms with Crippen molar-refractivity contribution in [2.45, 2.75) is 12.5 Å². The number of fused-ring (bicyclic) bond motifs is 1. The van der Waals surface area contributed by atoms with Crippen LogP contribution in [0.25, 0.3) is 0 Å². The standard InChI is InChI=1S/C11H14N2O2/c12-11(14)7-15-9-5-8-3-1-2-4-10(8)13-6-9/h1-4,9,13H,5-7H2,(H2,12,14). The predicted molar refractivity (Wildman–Crippen MR) is 57.6 cm³/mol. The topological polar surface area (TPSA) is 64.4 Å². The molecule has 2 rings (SSSR count). The lowest BCUT2D eigenvalue weighted by molar-refractivity contribution is -0.124. The van der Waals surface area contributed by atoms with E-state index in [0.717, 1.165) is 18.7 Å². The van der Waals surface area contributed by atoms with E-state index in [-0.39, 0.29) is 12.7 Å². The fourth-order valence-electron chi connectivity index (χ4n) is 1.73. The van der Waals surface area contributed by atoms with Crippen molar-refractivity contribution in [3.63, 3.8) is 0 Å². The van der Waals surface area contributed by atoms with E-state index < -0.39 is 5.91 Å². The van der Waals surface area contributed by atoms with E-state index >= 15 is 0 Å². The number of hydrogen-bond donors (Lipinski definition) is 2. The van der Waals surface area contributed by atoms with Crippen LogP contribution in [0.1, 0.15) is 5.56 Å². The van der Waals surface area contributed by atoms with Gasteiger partial charge in [0.05, 0.1) is 6.10 Å². The molecular formula is C11H14N2O2. The van der Waals surface area contributed by atoms with Crippen LogP contribution < -0.4 is 11.1 Å². The third-order valence-electron chi connectivity index (χ3n) is 2.45. The summed E-state index contributed by atoms with van der Waals surface area (Å²) < 4.78 is 5.36. The first-order chi connectivity index (χ1) is 7.25. The Kier molecular flexibility index (Phi) is 2.87. The summed E-state index contributed by atoms with van der Waals surface area (Å²) in [6.45, 7) is 0.721. The van der Waals surface area contributed by atoms with Crippen LogP contribution >= 0.6 is 0 Å². The highest BCUT2D eigenvalue weighted by Gasteiger charge is 2.18. The van der Waals surface area contributed by atoms with Crippen LogP contribution in [0.4, 0.5) is 5.69 Å². The minimum absolute atomic E-state index is 0.00544. The third kappa shape index (κ3) is 2.47. The molecule has 4 nitrogen and oxygen atoms in total. The number of hydrogen-bond acceptors (Lipinski definition) is 3. The summed E-state index contributed by atoms with van der Waals surface area (Å²) in [6, 6.07) is 8.09. The lowest BCUT2D eigenvalue weighted by Crippen LogP contribution is -2.33. The zero-order valence-electron chi connectivity index (χ0n) is 8.40. The Morgan fingerprint density at radius 2 is 2.33 bits per heavy atom. The van der Waals surface area contributed by atoms with Gasteiger partial charge in [-0.05, 0) is 11.6 Å². The van der Waals surface area contributed by atoms with E-state index in [1.807, 2.05) is 18.2 Å². The molecule has 1 amide bonds. The van der Waals surface area contributed by atoms with Crippen molar-refractivity contribution in [1.29, 1.82) is 0 Å². The summed E-state index contributed by atoms with van der Waals surface area (Å²) in [5.41, 5.74) is 7.39. The van der Waals surface area contributed by atoms with E-state index in [0.29, 0.717) is 0 Å². The first kappa shape index (κ1) is 9.98. The number of benzene rings is 1. The fourth-order valence-corrected chi connectivity index (χ4v) is 1.73. The third-order valence-corrected chi connectivity index (χ3v) is 2.45. The molecule has 1 aliphatic heterocycles. The van der Waals surface area contributed by atoms with Crippen molar-refractivity contribution in [2.75, 3.05) is 18.5 Å². The highest BCUT2D eigenvalue weighted by molar-refractivity contribution is 5.75. The van der Waals surface area contributed by atoms with Gasteiger partial charge < -0.3 is 15.8 Å². The first-order valence-corrected chi connectivity index (χ1v) is 4.97. The molecule has 1 atom stereocenters. The van der Waals surface area contributed by atoms with E-state index in [2.05, 4.69) is 11.4 Å². The Balaban J connectivity index is 1.96. The summed E-state index contributed by atoms with van der Waals surface area (Å²) >= 11 is 0. The normalized spacial score (nSPS) is 19.1. The van der Waals surface area contributed by atoms with Gasteiger partial charge >= 0.3 is 0 Å². The number of ether oxygens (including phenoxy) is 1. The van der Waals surface area contributed by atoms with Gasteiger partial charge in [0.15, 0.2) is 0 Å². The van der Waals surface area contributed by atoms with Crippen LogP contribution in [-0.2, 0) is 16.0 Å².